The highest BCUT2D eigenvalue weighted by Gasteiger charge is 2.10. The third kappa shape index (κ3) is 9.22. The molecule has 3 rings (SSSR count). The average molecular weight is 487 g/mol. The molecular weight excluding hydrogens is 444 g/mol. The van der Waals surface area contributed by atoms with Gasteiger partial charge in [-0.3, -0.25) is 4.79 Å². The molecule has 0 spiro atoms. The normalized spacial score (nSPS) is 11.9. The van der Waals surface area contributed by atoms with E-state index in [2.05, 4.69) is 55.0 Å². The molecular formula is C32H42N2O2. The molecule has 36 heavy (non-hydrogen) atoms. The first-order chi connectivity index (χ1) is 17.6. The van der Waals surface area contributed by atoms with Crippen molar-refractivity contribution in [3.63, 3.8) is 0 Å². The predicted octanol–water partition coefficient (Wildman–Crippen LogP) is 8.84. The Kier molecular flexibility index (Phi) is 11.6. The summed E-state index contributed by atoms with van der Waals surface area (Å²) in [5.74, 6) is 1.70. The largest absolute Gasteiger partial charge is 0.427 e. The van der Waals surface area contributed by atoms with Gasteiger partial charge in [0.25, 0.3) is 0 Å². The summed E-state index contributed by atoms with van der Waals surface area (Å²) in [6, 6.07) is 16.2. The Morgan fingerprint density at radius 3 is 2.06 bits per heavy atom. The van der Waals surface area contributed by atoms with Crippen LogP contribution >= 0.6 is 0 Å². The van der Waals surface area contributed by atoms with Crippen molar-refractivity contribution in [1.29, 1.82) is 0 Å². The maximum atomic E-state index is 12.2. The minimum absolute atomic E-state index is 0.165. The number of unbranched alkanes of at least 4 members (excludes halogenated alkanes) is 5. The molecule has 1 unspecified atom stereocenters. The first kappa shape index (κ1) is 27.6. The minimum atomic E-state index is -0.165. The zero-order valence-corrected chi connectivity index (χ0v) is 22.3. The number of nitrogens with zero attached hydrogens (tertiary/aromatic N) is 2. The van der Waals surface area contributed by atoms with E-state index in [9.17, 15) is 4.79 Å². The van der Waals surface area contributed by atoms with E-state index in [1.165, 1.54) is 56.9 Å². The number of benzene rings is 2. The summed E-state index contributed by atoms with van der Waals surface area (Å²) in [6.45, 7) is 6.65. The topological polar surface area (TPSA) is 52.1 Å². The van der Waals surface area contributed by atoms with E-state index in [0.717, 1.165) is 35.4 Å². The van der Waals surface area contributed by atoms with E-state index in [1.54, 1.807) is 0 Å². The number of carbonyl (C=O) groups is 1. The van der Waals surface area contributed by atoms with E-state index in [1.807, 2.05) is 36.7 Å². The number of esters is 1. The second-order valence-electron chi connectivity index (χ2n) is 9.94. The van der Waals surface area contributed by atoms with Gasteiger partial charge in [-0.25, -0.2) is 9.97 Å². The van der Waals surface area contributed by atoms with E-state index in [4.69, 9.17) is 4.74 Å². The fraction of sp³-hybridized carbons (Fsp3) is 0.469. The second kappa shape index (κ2) is 15.2. The molecule has 192 valence electrons. The first-order valence-corrected chi connectivity index (χ1v) is 13.8. The average Bonchev–Trinajstić information content (AvgIpc) is 2.91. The Labute approximate surface area is 217 Å². The number of hydrogen-bond donors (Lipinski definition) is 0. The summed E-state index contributed by atoms with van der Waals surface area (Å²) in [7, 11) is 0. The number of rotatable bonds is 15. The van der Waals surface area contributed by atoms with Crippen molar-refractivity contribution in [2.45, 2.75) is 91.4 Å². The SMILES string of the molecule is CCCCCCCc1ccc(-c2ncc(-c3ccc(OC(=O)CCC(C)CCCC)cc3)cn2)cc1. The number of ether oxygens (including phenoxy) is 1. The van der Waals surface area contributed by atoms with Crippen LogP contribution in [-0.2, 0) is 11.2 Å². The molecule has 3 aromatic rings. The zero-order valence-electron chi connectivity index (χ0n) is 22.3. The van der Waals surface area contributed by atoms with E-state index < -0.39 is 0 Å². The molecule has 0 aliphatic rings. The Morgan fingerprint density at radius 2 is 1.39 bits per heavy atom. The molecule has 0 saturated carbocycles. The van der Waals surface area contributed by atoms with E-state index in [0.29, 0.717) is 18.1 Å². The number of aromatic nitrogens is 2. The molecule has 1 aromatic heterocycles. The monoisotopic (exact) mass is 486 g/mol. The predicted molar refractivity (Wildman–Crippen MR) is 149 cm³/mol. The standard InChI is InChI=1S/C32H42N2O2/c1-4-6-8-9-10-12-26-14-16-28(17-15-26)32-33-23-29(24-34-32)27-18-20-30(21-19-27)36-31(35)22-13-25(3)11-7-5-2/h14-21,23-25H,4-13,22H2,1-3H3. The second-order valence-corrected chi connectivity index (χ2v) is 9.94. The van der Waals surface area contributed by atoms with Crippen molar-refractivity contribution in [1.82, 2.24) is 9.97 Å². The summed E-state index contributed by atoms with van der Waals surface area (Å²) in [5.41, 5.74) is 4.33. The molecule has 1 atom stereocenters. The highest BCUT2D eigenvalue weighted by atomic mass is 16.5. The van der Waals surface area contributed by atoms with Gasteiger partial charge in [-0.05, 0) is 48.4 Å². The van der Waals surface area contributed by atoms with Crippen LogP contribution in [0.25, 0.3) is 22.5 Å². The van der Waals surface area contributed by atoms with Crippen molar-refractivity contribution < 1.29 is 9.53 Å². The van der Waals surface area contributed by atoms with Gasteiger partial charge in [-0.1, -0.05) is 102 Å². The molecule has 4 heteroatoms. The third-order valence-corrected chi connectivity index (χ3v) is 6.74. The molecule has 0 aliphatic carbocycles. The lowest BCUT2D eigenvalue weighted by Crippen LogP contribution is -2.09. The maximum Gasteiger partial charge on any atom is 0.311 e. The lowest BCUT2D eigenvalue weighted by Gasteiger charge is -2.10. The molecule has 0 N–H and O–H groups in total. The van der Waals surface area contributed by atoms with Gasteiger partial charge in [0.15, 0.2) is 5.82 Å². The van der Waals surface area contributed by atoms with Crippen molar-refractivity contribution >= 4 is 5.97 Å². The third-order valence-electron chi connectivity index (χ3n) is 6.74. The number of hydrogen-bond acceptors (Lipinski definition) is 4. The molecule has 1 heterocycles. The first-order valence-electron chi connectivity index (χ1n) is 13.8. The smallest absolute Gasteiger partial charge is 0.311 e. The van der Waals surface area contributed by atoms with Crippen molar-refractivity contribution in [3.05, 3.63) is 66.5 Å². The van der Waals surface area contributed by atoms with Gasteiger partial charge in [0.1, 0.15) is 5.75 Å². The molecule has 0 bridgehead atoms. The van der Waals surface area contributed by atoms with Gasteiger partial charge in [0.2, 0.25) is 0 Å². The lowest BCUT2D eigenvalue weighted by atomic mass is 9.99. The number of carbonyl (C=O) groups excluding carboxylic acids is 1. The fourth-order valence-electron chi connectivity index (χ4n) is 4.34. The summed E-state index contributed by atoms with van der Waals surface area (Å²) in [6.07, 6.45) is 16.3. The molecule has 2 aromatic carbocycles. The molecule has 0 amide bonds. The molecule has 0 radical (unpaired) electrons. The van der Waals surface area contributed by atoms with Crippen LogP contribution in [0.4, 0.5) is 0 Å². The van der Waals surface area contributed by atoms with Crippen LogP contribution in [0.3, 0.4) is 0 Å². The van der Waals surface area contributed by atoms with Gasteiger partial charge in [-0.2, -0.15) is 0 Å². The Morgan fingerprint density at radius 1 is 0.750 bits per heavy atom. The highest BCUT2D eigenvalue weighted by Crippen LogP contribution is 2.24. The van der Waals surface area contributed by atoms with Crippen LogP contribution in [0.15, 0.2) is 60.9 Å². The Bertz CT molecular complexity index is 1030. The van der Waals surface area contributed by atoms with Crippen LogP contribution < -0.4 is 4.74 Å². The quantitative estimate of drug-likeness (QED) is 0.122. The molecule has 0 fully saturated rings. The summed E-state index contributed by atoms with van der Waals surface area (Å²) in [4.78, 5) is 21.4. The molecule has 0 saturated heterocycles. The highest BCUT2D eigenvalue weighted by molar-refractivity contribution is 5.73. The van der Waals surface area contributed by atoms with Crippen LogP contribution in [0, 0.1) is 5.92 Å². The van der Waals surface area contributed by atoms with Crippen molar-refractivity contribution in [3.8, 4) is 28.3 Å². The van der Waals surface area contributed by atoms with Crippen LogP contribution in [0.2, 0.25) is 0 Å². The fourth-order valence-corrected chi connectivity index (χ4v) is 4.34. The summed E-state index contributed by atoms with van der Waals surface area (Å²) >= 11 is 0. The van der Waals surface area contributed by atoms with E-state index >= 15 is 0 Å². The summed E-state index contributed by atoms with van der Waals surface area (Å²) < 4.78 is 5.52. The lowest BCUT2D eigenvalue weighted by molar-refractivity contribution is -0.134. The minimum Gasteiger partial charge on any atom is -0.427 e. The van der Waals surface area contributed by atoms with Gasteiger partial charge in [0, 0.05) is 29.9 Å². The van der Waals surface area contributed by atoms with Gasteiger partial charge in [-0.15, -0.1) is 0 Å². The maximum absolute atomic E-state index is 12.2. The van der Waals surface area contributed by atoms with Gasteiger partial charge >= 0.3 is 5.97 Å². The molecule has 4 nitrogen and oxygen atoms in total. The zero-order chi connectivity index (χ0) is 25.6. The van der Waals surface area contributed by atoms with Gasteiger partial charge in [0.05, 0.1) is 0 Å². The van der Waals surface area contributed by atoms with Crippen LogP contribution in [0.1, 0.15) is 90.5 Å². The molecule has 0 aliphatic heterocycles. The van der Waals surface area contributed by atoms with Crippen molar-refractivity contribution in [2.75, 3.05) is 0 Å². The van der Waals surface area contributed by atoms with Crippen LogP contribution in [-0.4, -0.2) is 15.9 Å². The van der Waals surface area contributed by atoms with E-state index in [-0.39, 0.29) is 5.97 Å². The Balaban J connectivity index is 1.49. The van der Waals surface area contributed by atoms with Crippen LogP contribution in [0.5, 0.6) is 5.75 Å². The van der Waals surface area contributed by atoms with Crippen molar-refractivity contribution in [2.24, 2.45) is 5.92 Å². The number of aryl methyl sites for hydroxylation is 1. The Hall–Kier alpha value is -3.01. The van der Waals surface area contributed by atoms with Gasteiger partial charge < -0.3 is 4.74 Å². The summed E-state index contributed by atoms with van der Waals surface area (Å²) in [5, 5.41) is 0.